The summed E-state index contributed by atoms with van der Waals surface area (Å²) < 4.78 is 10.9. The van der Waals surface area contributed by atoms with Crippen LogP contribution in [-0.2, 0) is 11.3 Å². The van der Waals surface area contributed by atoms with Gasteiger partial charge in [0.05, 0.1) is 43.3 Å². The number of pyridine rings is 1. The molecule has 2 aliphatic rings. The highest BCUT2D eigenvalue weighted by atomic mass is 16.5. The minimum Gasteiger partial charge on any atom is -0.493 e. The van der Waals surface area contributed by atoms with Gasteiger partial charge in [-0.15, -0.1) is 0 Å². The summed E-state index contributed by atoms with van der Waals surface area (Å²) in [5, 5.41) is 2.86. The smallest absolute Gasteiger partial charge is 0.264 e. The summed E-state index contributed by atoms with van der Waals surface area (Å²) >= 11 is 0. The number of benzene rings is 2. The molecule has 3 heterocycles. The van der Waals surface area contributed by atoms with E-state index in [1.54, 1.807) is 52.4 Å². The fourth-order valence-corrected chi connectivity index (χ4v) is 4.84. The molecule has 1 N–H and O–H groups in total. The van der Waals surface area contributed by atoms with Gasteiger partial charge in [-0.3, -0.25) is 24.3 Å². The second-order valence-electron chi connectivity index (χ2n) is 8.53. The molecular weight excluding hydrogens is 460 g/mol. The van der Waals surface area contributed by atoms with Gasteiger partial charge in [-0.2, -0.15) is 0 Å². The van der Waals surface area contributed by atoms with Gasteiger partial charge < -0.3 is 19.7 Å². The predicted octanol–water partition coefficient (Wildman–Crippen LogP) is 3.31. The Hall–Kier alpha value is -4.40. The number of amides is 3. The minimum atomic E-state index is -0.633. The summed E-state index contributed by atoms with van der Waals surface area (Å²) in [6.07, 6.45) is 1.71. The number of ether oxygens (including phenoxy) is 2. The number of hydrogen-bond donors (Lipinski definition) is 1. The molecule has 36 heavy (non-hydrogen) atoms. The number of nitrogens with zero attached hydrogens (tertiary/aromatic N) is 3. The molecule has 0 saturated carbocycles. The first kappa shape index (κ1) is 23.3. The van der Waals surface area contributed by atoms with E-state index in [9.17, 15) is 14.4 Å². The van der Waals surface area contributed by atoms with Gasteiger partial charge in [0.1, 0.15) is 6.17 Å². The number of para-hydroxylation sites is 1. The van der Waals surface area contributed by atoms with Crippen molar-refractivity contribution in [2.24, 2.45) is 0 Å². The van der Waals surface area contributed by atoms with Crippen LogP contribution in [0.4, 0.5) is 5.69 Å². The molecule has 9 heteroatoms. The van der Waals surface area contributed by atoms with Crippen molar-refractivity contribution in [3.8, 4) is 11.5 Å². The summed E-state index contributed by atoms with van der Waals surface area (Å²) in [6.45, 7) is 0.641. The molecule has 0 bridgehead atoms. The fraction of sp³-hybridized carbons (Fsp3) is 0.259. The lowest BCUT2D eigenvalue weighted by molar-refractivity contribution is -0.121. The zero-order chi connectivity index (χ0) is 25.2. The molecule has 0 spiro atoms. The molecule has 9 nitrogen and oxygen atoms in total. The molecule has 184 valence electrons. The number of rotatable bonds is 8. The van der Waals surface area contributed by atoms with Crippen LogP contribution in [0.5, 0.6) is 11.5 Å². The molecular formula is C27H26N4O5. The summed E-state index contributed by atoms with van der Waals surface area (Å²) in [5.41, 5.74) is 2.82. The Morgan fingerprint density at radius 2 is 1.81 bits per heavy atom. The second-order valence-corrected chi connectivity index (χ2v) is 8.53. The molecule has 3 aromatic rings. The lowest BCUT2D eigenvalue weighted by atomic mass is 10.0. The Morgan fingerprint density at radius 3 is 2.56 bits per heavy atom. The Balaban J connectivity index is 1.40. The van der Waals surface area contributed by atoms with Gasteiger partial charge in [-0.1, -0.05) is 24.3 Å². The zero-order valence-electron chi connectivity index (χ0n) is 20.1. The maximum atomic E-state index is 13.7. The number of hydrogen-bond acceptors (Lipinski definition) is 6. The van der Waals surface area contributed by atoms with Gasteiger partial charge in [0.2, 0.25) is 5.91 Å². The van der Waals surface area contributed by atoms with E-state index in [4.69, 9.17) is 9.47 Å². The number of aromatic nitrogens is 1. The van der Waals surface area contributed by atoms with Crippen LogP contribution in [-0.4, -0.2) is 48.4 Å². The number of methoxy groups -OCH3 is 2. The molecule has 1 atom stereocenters. The molecule has 1 aromatic heterocycles. The summed E-state index contributed by atoms with van der Waals surface area (Å²) in [7, 11) is 3.00. The van der Waals surface area contributed by atoms with Crippen LogP contribution in [0.3, 0.4) is 0 Å². The van der Waals surface area contributed by atoms with E-state index in [1.807, 2.05) is 18.2 Å². The SMILES string of the molecule is COc1ccc2c(c1OC)C(=O)N1c3ccccc3C(=O)N(CCCC(=O)NCc3ccccn3)[C@@H]21. The van der Waals surface area contributed by atoms with Crippen molar-refractivity contribution < 1.29 is 23.9 Å². The van der Waals surface area contributed by atoms with Crippen molar-refractivity contribution in [3.63, 3.8) is 0 Å². The van der Waals surface area contributed by atoms with Crippen molar-refractivity contribution in [1.29, 1.82) is 0 Å². The van der Waals surface area contributed by atoms with E-state index in [1.165, 1.54) is 14.2 Å². The second kappa shape index (κ2) is 9.69. The van der Waals surface area contributed by atoms with Crippen LogP contribution < -0.4 is 19.7 Å². The highest BCUT2D eigenvalue weighted by Gasteiger charge is 2.49. The Kier molecular flexibility index (Phi) is 6.28. The van der Waals surface area contributed by atoms with Crippen molar-refractivity contribution in [3.05, 3.63) is 83.2 Å². The molecule has 3 amide bonds. The first-order valence-corrected chi connectivity index (χ1v) is 11.7. The van der Waals surface area contributed by atoms with Crippen LogP contribution in [0.25, 0.3) is 0 Å². The molecule has 2 aliphatic heterocycles. The van der Waals surface area contributed by atoms with Crippen LogP contribution in [0.2, 0.25) is 0 Å². The largest absolute Gasteiger partial charge is 0.493 e. The standard InChI is InChI=1S/C27H26N4O5/c1-35-21-13-12-19-23(24(21)36-2)27(34)31-20-10-4-3-9-18(20)26(33)30(25(19)31)15-7-11-22(32)29-16-17-8-5-6-14-28-17/h3-6,8-10,12-14,25H,7,11,15-16H2,1-2H3,(H,29,32)/t25-/m1/s1. The molecule has 2 aromatic carbocycles. The molecule has 0 unspecified atom stereocenters. The van der Waals surface area contributed by atoms with E-state index >= 15 is 0 Å². The van der Waals surface area contributed by atoms with E-state index in [0.717, 1.165) is 5.69 Å². The van der Waals surface area contributed by atoms with Gasteiger partial charge in [-0.05, 0) is 36.8 Å². The van der Waals surface area contributed by atoms with Crippen molar-refractivity contribution in [1.82, 2.24) is 15.2 Å². The third-order valence-electron chi connectivity index (χ3n) is 6.48. The van der Waals surface area contributed by atoms with E-state index in [-0.39, 0.29) is 24.1 Å². The predicted molar refractivity (Wildman–Crippen MR) is 132 cm³/mol. The topological polar surface area (TPSA) is 101 Å². The van der Waals surface area contributed by atoms with Crippen LogP contribution in [0, 0.1) is 0 Å². The van der Waals surface area contributed by atoms with Gasteiger partial charge in [0.15, 0.2) is 11.5 Å². The quantitative estimate of drug-likeness (QED) is 0.524. The first-order chi connectivity index (χ1) is 17.5. The highest BCUT2D eigenvalue weighted by Crippen LogP contribution is 2.49. The normalized spacial score (nSPS) is 15.8. The Bertz CT molecular complexity index is 1330. The molecule has 0 fully saturated rings. The van der Waals surface area contributed by atoms with E-state index in [2.05, 4.69) is 10.3 Å². The third-order valence-corrected chi connectivity index (χ3v) is 6.48. The zero-order valence-corrected chi connectivity index (χ0v) is 20.1. The maximum absolute atomic E-state index is 13.7. The van der Waals surface area contributed by atoms with Crippen molar-refractivity contribution >= 4 is 23.4 Å². The molecule has 0 radical (unpaired) electrons. The van der Waals surface area contributed by atoms with E-state index < -0.39 is 6.17 Å². The molecule has 0 aliphatic carbocycles. The lowest BCUT2D eigenvalue weighted by Gasteiger charge is -2.41. The maximum Gasteiger partial charge on any atom is 0.264 e. The van der Waals surface area contributed by atoms with Crippen molar-refractivity contribution in [2.45, 2.75) is 25.6 Å². The Labute approximate surface area is 208 Å². The average Bonchev–Trinajstić information content (AvgIpc) is 3.21. The minimum absolute atomic E-state index is 0.128. The van der Waals surface area contributed by atoms with Gasteiger partial charge in [0.25, 0.3) is 11.8 Å². The number of nitrogens with one attached hydrogen (secondary N) is 1. The number of carbonyl (C=O) groups is 3. The van der Waals surface area contributed by atoms with Crippen LogP contribution in [0.15, 0.2) is 60.8 Å². The van der Waals surface area contributed by atoms with E-state index in [0.29, 0.717) is 53.4 Å². The molecule has 5 rings (SSSR count). The van der Waals surface area contributed by atoms with Gasteiger partial charge in [-0.25, -0.2) is 0 Å². The number of carbonyl (C=O) groups excluding carboxylic acids is 3. The average molecular weight is 487 g/mol. The van der Waals surface area contributed by atoms with Crippen LogP contribution in [0.1, 0.15) is 51.0 Å². The first-order valence-electron chi connectivity index (χ1n) is 11.7. The number of fused-ring (bicyclic) bond motifs is 5. The third kappa shape index (κ3) is 3.92. The lowest BCUT2D eigenvalue weighted by Crippen LogP contribution is -2.48. The summed E-state index contributed by atoms with van der Waals surface area (Å²) in [5.74, 6) is 0.213. The molecule has 0 saturated heterocycles. The number of anilines is 1. The Morgan fingerprint density at radius 1 is 1.00 bits per heavy atom. The summed E-state index contributed by atoms with van der Waals surface area (Å²) in [6, 6.07) is 16.1. The highest BCUT2D eigenvalue weighted by molar-refractivity contribution is 6.18. The van der Waals surface area contributed by atoms with Crippen molar-refractivity contribution in [2.75, 3.05) is 25.7 Å². The van der Waals surface area contributed by atoms with Gasteiger partial charge in [0, 0.05) is 24.7 Å². The van der Waals surface area contributed by atoms with Gasteiger partial charge >= 0.3 is 0 Å². The summed E-state index contributed by atoms with van der Waals surface area (Å²) in [4.78, 5) is 47.2. The van der Waals surface area contributed by atoms with Crippen LogP contribution >= 0.6 is 0 Å². The monoisotopic (exact) mass is 486 g/mol. The fourth-order valence-electron chi connectivity index (χ4n) is 4.84.